The number of nitrogens with zero attached hydrogens (tertiary/aromatic N) is 1. The number of carbonyl (C=O) groups is 1. The predicted octanol–water partition coefficient (Wildman–Crippen LogP) is 4.83. The highest BCUT2D eigenvalue weighted by atomic mass is 19.1. The summed E-state index contributed by atoms with van der Waals surface area (Å²) in [7, 11) is 0. The highest BCUT2D eigenvalue weighted by Gasteiger charge is 2.25. The van der Waals surface area contributed by atoms with Gasteiger partial charge < -0.3 is 10.2 Å². The molecule has 2 amide bonds. The quantitative estimate of drug-likeness (QED) is 0.773. The molecule has 1 heterocycles. The Bertz CT molecular complexity index is 523. The third-order valence-electron chi connectivity index (χ3n) is 5.48. The third-order valence-corrected chi connectivity index (χ3v) is 5.48. The molecule has 0 radical (unpaired) electrons. The van der Waals surface area contributed by atoms with Crippen LogP contribution in [0.5, 0.6) is 0 Å². The van der Waals surface area contributed by atoms with Gasteiger partial charge in [0.15, 0.2) is 0 Å². The molecule has 1 saturated heterocycles. The number of hydrogen-bond acceptors (Lipinski definition) is 1. The molecule has 24 heavy (non-hydrogen) atoms. The van der Waals surface area contributed by atoms with Gasteiger partial charge in [0.25, 0.3) is 0 Å². The number of nitrogens with one attached hydrogen (secondary N) is 1. The summed E-state index contributed by atoms with van der Waals surface area (Å²) in [5, 5.41) is 3.26. The van der Waals surface area contributed by atoms with Crippen molar-refractivity contribution in [2.75, 3.05) is 13.1 Å². The average Bonchev–Trinajstić information content (AvgIpc) is 2.98. The van der Waals surface area contributed by atoms with E-state index in [2.05, 4.69) is 5.32 Å². The first-order valence-electron chi connectivity index (χ1n) is 9.53. The van der Waals surface area contributed by atoms with Crippen molar-refractivity contribution in [2.45, 2.75) is 69.7 Å². The van der Waals surface area contributed by atoms with E-state index < -0.39 is 0 Å². The highest BCUT2D eigenvalue weighted by molar-refractivity contribution is 5.74. The minimum absolute atomic E-state index is 0.0934. The van der Waals surface area contributed by atoms with Gasteiger partial charge in [-0.05, 0) is 43.4 Å². The van der Waals surface area contributed by atoms with Gasteiger partial charge in [-0.25, -0.2) is 9.18 Å². The lowest BCUT2D eigenvalue weighted by molar-refractivity contribution is 0.192. The zero-order chi connectivity index (χ0) is 16.8. The maximum absolute atomic E-state index is 13.2. The topological polar surface area (TPSA) is 32.3 Å². The molecular formula is C20H29FN2O. The van der Waals surface area contributed by atoms with Crippen LogP contribution in [-0.2, 0) is 0 Å². The zero-order valence-electron chi connectivity index (χ0n) is 14.5. The summed E-state index contributed by atoms with van der Waals surface area (Å²) in [4.78, 5) is 14.7. The monoisotopic (exact) mass is 332 g/mol. The van der Waals surface area contributed by atoms with E-state index >= 15 is 0 Å². The van der Waals surface area contributed by atoms with E-state index in [1.54, 1.807) is 0 Å². The van der Waals surface area contributed by atoms with Gasteiger partial charge in [0.1, 0.15) is 5.82 Å². The molecule has 1 N–H and O–H groups in total. The molecule has 4 heteroatoms. The van der Waals surface area contributed by atoms with E-state index in [1.165, 1.54) is 37.8 Å². The molecule has 3 nitrogen and oxygen atoms in total. The Labute approximate surface area is 144 Å². The van der Waals surface area contributed by atoms with Crippen molar-refractivity contribution in [3.8, 4) is 0 Å². The molecule has 1 aliphatic heterocycles. The largest absolute Gasteiger partial charge is 0.335 e. The van der Waals surface area contributed by atoms with Crippen LogP contribution >= 0.6 is 0 Å². The number of amides is 2. The van der Waals surface area contributed by atoms with Crippen LogP contribution in [0.3, 0.4) is 0 Å². The molecule has 0 bridgehead atoms. The smallest absolute Gasteiger partial charge is 0.317 e. The van der Waals surface area contributed by atoms with Crippen LogP contribution in [0.4, 0.5) is 9.18 Å². The van der Waals surface area contributed by atoms with Crippen molar-refractivity contribution in [2.24, 2.45) is 0 Å². The van der Waals surface area contributed by atoms with Crippen LogP contribution in [0.25, 0.3) is 0 Å². The summed E-state index contributed by atoms with van der Waals surface area (Å²) >= 11 is 0. The lowest BCUT2D eigenvalue weighted by Gasteiger charge is -2.27. The van der Waals surface area contributed by atoms with E-state index in [0.717, 1.165) is 50.8 Å². The van der Waals surface area contributed by atoms with Gasteiger partial charge >= 0.3 is 6.03 Å². The first-order valence-corrected chi connectivity index (χ1v) is 9.53. The summed E-state index contributed by atoms with van der Waals surface area (Å²) in [5.74, 6) is 0.114. The van der Waals surface area contributed by atoms with Crippen LogP contribution in [0, 0.1) is 5.82 Å². The number of benzene rings is 1. The lowest BCUT2D eigenvalue weighted by atomic mass is 9.94. The lowest BCUT2D eigenvalue weighted by Crippen LogP contribution is -2.46. The molecule has 1 aromatic rings. The van der Waals surface area contributed by atoms with Crippen molar-refractivity contribution in [1.29, 1.82) is 0 Å². The van der Waals surface area contributed by atoms with Gasteiger partial charge in [0, 0.05) is 25.0 Å². The molecule has 2 aliphatic rings. The average molecular weight is 332 g/mol. The summed E-state index contributed by atoms with van der Waals surface area (Å²) in [6.07, 6.45) is 10.5. The Hall–Kier alpha value is -1.58. The second-order valence-corrected chi connectivity index (χ2v) is 7.33. The Kier molecular flexibility index (Phi) is 6.11. The van der Waals surface area contributed by atoms with Crippen molar-refractivity contribution in [3.63, 3.8) is 0 Å². The van der Waals surface area contributed by atoms with Crippen LogP contribution < -0.4 is 5.32 Å². The van der Waals surface area contributed by atoms with Crippen LogP contribution in [0.15, 0.2) is 24.3 Å². The highest BCUT2D eigenvalue weighted by Crippen LogP contribution is 2.27. The molecule has 1 aromatic carbocycles. The van der Waals surface area contributed by atoms with E-state index in [4.69, 9.17) is 0 Å². The first kappa shape index (κ1) is 17.2. The third kappa shape index (κ3) is 4.71. The molecule has 132 valence electrons. The predicted molar refractivity (Wildman–Crippen MR) is 94.6 cm³/mol. The fraction of sp³-hybridized carbons (Fsp3) is 0.650. The number of halogens is 1. The molecule has 0 aromatic heterocycles. The fourth-order valence-electron chi connectivity index (χ4n) is 4.02. The van der Waals surface area contributed by atoms with Gasteiger partial charge in [-0.1, -0.05) is 44.2 Å². The molecule has 3 rings (SSSR count). The SMILES string of the molecule is O=C(NC1CCCCCC1)N1CCCCC(c2ccc(F)cc2)C1. The molecule has 1 atom stereocenters. The van der Waals surface area contributed by atoms with E-state index in [-0.39, 0.29) is 11.8 Å². The second-order valence-electron chi connectivity index (χ2n) is 7.33. The normalized spacial score (nSPS) is 23.4. The number of hydrogen-bond donors (Lipinski definition) is 1. The summed E-state index contributed by atoms with van der Waals surface area (Å²) < 4.78 is 13.2. The molecular weight excluding hydrogens is 303 g/mol. The Morgan fingerprint density at radius 2 is 1.62 bits per heavy atom. The Morgan fingerprint density at radius 1 is 0.958 bits per heavy atom. The summed E-state index contributed by atoms with van der Waals surface area (Å²) in [5.41, 5.74) is 1.14. The van der Waals surface area contributed by atoms with Crippen molar-refractivity contribution >= 4 is 6.03 Å². The van der Waals surface area contributed by atoms with Crippen LogP contribution in [-0.4, -0.2) is 30.1 Å². The Morgan fingerprint density at radius 3 is 2.33 bits per heavy atom. The van der Waals surface area contributed by atoms with Gasteiger partial charge in [-0.15, -0.1) is 0 Å². The molecule has 2 fully saturated rings. The molecule has 1 saturated carbocycles. The van der Waals surface area contributed by atoms with E-state index in [0.29, 0.717) is 12.0 Å². The van der Waals surface area contributed by atoms with Crippen molar-refractivity contribution < 1.29 is 9.18 Å². The minimum atomic E-state index is -0.199. The summed E-state index contributed by atoms with van der Waals surface area (Å²) in [6.45, 7) is 1.57. The number of urea groups is 1. The molecule has 0 spiro atoms. The zero-order valence-corrected chi connectivity index (χ0v) is 14.5. The number of rotatable bonds is 2. The molecule has 1 unspecified atom stereocenters. The molecule has 1 aliphatic carbocycles. The number of likely N-dealkylation sites (tertiary alicyclic amines) is 1. The number of carbonyl (C=O) groups excluding carboxylic acids is 1. The summed E-state index contributed by atoms with van der Waals surface area (Å²) in [6, 6.07) is 7.22. The van der Waals surface area contributed by atoms with Gasteiger partial charge in [-0.3, -0.25) is 0 Å². The van der Waals surface area contributed by atoms with Gasteiger partial charge in [0.2, 0.25) is 0 Å². The van der Waals surface area contributed by atoms with Gasteiger partial charge in [0.05, 0.1) is 0 Å². The Balaban J connectivity index is 1.61. The van der Waals surface area contributed by atoms with E-state index in [9.17, 15) is 9.18 Å². The minimum Gasteiger partial charge on any atom is -0.335 e. The van der Waals surface area contributed by atoms with E-state index in [1.807, 2.05) is 17.0 Å². The fourth-order valence-corrected chi connectivity index (χ4v) is 4.02. The maximum atomic E-state index is 13.2. The second kappa shape index (κ2) is 8.50. The standard InChI is InChI=1S/C20H29FN2O/c21-18-12-10-16(11-13-18)17-7-5-6-14-23(15-17)20(24)22-19-8-3-1-2-4-9-19/h10-13,17,19H,1-9,14-15H2,(H,22,24). The maximum Gasteiger partial charge on any atom is 0.317 e. The van der Waals surface area contributed by atoms with Crippen LogP contribution in [0.2, 0.25) is 0 Å². The van der Waals surface area contributed by atoms with Crippen LogP contribution in [0.1, 0.15) is 69.3 Å². The van der Waals surface area contributed by atoms with Crippen molar-refractivity contribution in [3.05, 3.63) is 35.6 Å². The first-order chi connectivity index (χ1) is 11.7. The van der Waals surface area contributed by atoms with Crippen molar-refractivity contribution in [1.82, 2.24) is 10.2 Å². The van der Waals surface area contributed by atoms with Gasteiger partial charge in [-0.2, -0.15) is 0 Å².